The van der Waals surface area contributed by atoms with E-state index < -0.39 is 34.3 Å². The monoisotopic (exact) mass is 659 g/mol. The Morgan fingerprint density at radius 1 is 1.02 bits per heavy atom. The van der Waals surface area contributed by atoms with Crippen LogP contribution in [0, 0.1) is 11.3 Å². The summed E-state index contributed by atoms with van der Waals surface area (Å²) in [6.07, 6.45) is -2.84. The Bertz CT molecular complexity index is 1220. The van der Waals surface area contributed by atoms with Crippen LogP contribution in [0.2, 0.25) is 0 Å². The van der Waals surface area contributed by atoms with Gasteiger partial charge in [-0.2, -0.15) is 26.3 Å². The third kappa shape index (κ3) is 11.7. The summed E-state index contributed by atoms with van der Waals surface area (Å²) >= 11 is 0. The van der Waals surface area contributed by atoms with E-state index in [0.29, 0.717) is 30.0 Å². The molecule has 1 spiro atoms. The second kappa shape index (κ2) is 15.1. The van der Waals surface area contributed by atoms with Crippen molar-refractivity contribution in [1.29, 1.82) is 0 Å². The second-order valence-corrected chi connectivity index (χ2v) is 13.8. The van der Waals surface area contributed by atoms with Crippen molar-refractivity contribution in [1.82, 2.24) is 14.9 Å². The van der Waals surface area contributed by atoms with Crippen LogP contribution in [0.25, 0.3) is 6.08 Å². The molecule has 1 aromatic carbocycles. The number of benzene rings is 1. The number of carboxylic acids is 2. The van der Waals surface area contributed by atoms with Crippen molar-refractivity contribution in [3.63, 3.8) is 0 Å². The van der Waals surface area contributed by atoms with Crippen LogP contribution in [0.15, 0.2) is 35.9 Å². The first-order valence-electron chi connectivity index (χ1n) is 14.0. The summed E-state index contributed by atoms with van der Waals surface area (Å²) in [6.45, 7) is 9.29. The first kappa shape index (κ1) is 37.5. The lowest BCUT2D eigenvalue weighted by atomic mass is 9.60. The van der Waals surface area contributed by atoms with E-state index in [1.54, 1.807) is 19.4 Å². The van der Waals surface area contributed by atoms with Crippen LogP contribution < -0.4 is 10.0 Å². The zero-order chi connectivity index (χ0) is 33.5. The number of halogens is 6. The lowest BCUT2D eigenvalue weighted by molar-refractivity contribution is -0.193. The van der Waals surface area contributed by atoms with E-state index >= 15 is 0 Å². The van der Waals surface area contributed by atoms with Gasteiger partial charge in [0.2, 0.25) is 10.0 Å². The van der Waals surface area contributed by atoms with Crippen LogP contribution in [0.5, 0.6) is 0 Å². The fourth-order valence-electron chi connectivity index (χ4n) is 5.26. The molecule has 3 fully saturated rings. The van der Waals surface area contributed by atoms with E-state index in [1.807, 2.05) is 0 Å². The fourth-order valence-corrected chi connectivity index (χ4v) is 5.97. The second-order valence-electron chi connectivity index (χ2n) is 11.5. The van der Waals surface area contributed by atoms with Gasteiger partial charge in [0.15, 0.2) is 0 Å². The number of nitrogens with zero attached hydrogens (tertiary/aromatic N) is 1. The van der Waals surface area contributed by atoms with E-state index in [-0.39, 0.29) is 5.25 Å². The van der Waals surface area contributed by atoms with Gasteiger partial charge in [-0.3, -0.25) is 0 Å². The highest BCUT2D eigenvalue weighted by Gasteiger charge is 2.53. The number of alkyl halides is 6. The molecule has 0 radical (unpaired) electrons. The highest BCUT2D eigenvalue weighted by molar-refractivity contribution is 7.90. The van der Waals surface area contributed by atoms with E-state index in [1.165, 1.54) is 24.8 Å². The molecule has 4 rings (SSSR count). The number of carboxylic acid groups (broad SMARTS) is 2. The minimum absolute atomic E-state index is 0.360. The minimum Gasteiger partial charge on any atom is -0.475 e. The van der Waals surface area contributed by atoms with Gasteiger partial charge in [0.1, 0.15) is 0 Å². The molecule has 4 N–H and O–H groups in total. The summed E-state index contributed by atoms with van der Waals surface area (Å²) in [5.74, 6) is -4.81. The molecule has 2 atom stereocenters. The summed E-state index contributed by atoms with van der Waals surface area (Å²) in [7, 11) is -3.14. The molecule has 16 heteroatoms. The fraction of sp³-hybridized carbons (Fsp3) is 0.643. The van der Waals surface area contributed by atoms with Crippen molar-refractivity contribution in [2.45, 2.75) is 76.1 Å². The average Bonchev–Trinajstić information content (AvgIpc) is 3.63. The molecule has 0 unspecified atom stereocenters. The standard InChI is InChI=1S/C24H37N3O2S.2C2HF3O2/c1-4-20(12-19-8-6-5-7-9-19)22-13-23(22)26-21-14-24(15-21)16-27(17-24)11-10-25-30(28,29)18(2)3;2*3-2(4,5)1(6)7/h5-9,12,18,21-23,25-26H,4,10-11,13-17H2,1-3H3;2*(H,6,7)/b20-12+;;/t22-,23+;;/m0../s1. The summed E-state index contributed by atoms with van der Waals surface area (Å²) in [6, 6.07) is 12.0. The van der Waals surface area contributed by atoms with Gasteiger partial charge in [-0.15, -0.1) is 0 Å². The Morgan fingerprint density at radius 3 is 1.95 bits per heavy atom. The number of sulfonamides is 1. The number of likely N-dealkylation sites (tertiary alicyclic amines) is 1. The maximum absolute atomic E-state index is 11.8. The highest BCUT2D eigenvalue weighted by Crippen LogP contribution is 2.50. The maximum Gasteiger partial charge on any atom is 0.490 e. The smallest absolute Gasteiger partial charge is 0.475 e. The van der Waals surface area contributed by atoms with Crippen LogP contribution in [0.3, 0.4) is 0 Å². The quantitative estimate of drug-likeness (QED) is 0.270. The largest absolute Gasteiger partial charge is 0.490 e. The molecule has 250 valence electrons. The number of nitrogens with one attached hydrogen (secondary N) is 2. The Hall–Kier alpha value is -2.69. The lowest BCUT2D eigenvalue weighted by Crippen LogP contribution is -2.66. The zero-order valence-electron chi connectivity index (χ0n) is 24.6. The van der Waals surface area contributed by atoms with E-state index in [2.05, 4.69) is 58.3 Å². The molecule has 0 bridgehead atoms. The molecular formula is C28H39F6N3O6S. The molecule has 9 nitrogen and oxygen atoms in total. The van der Waals surface area contributed by atoms with E-state index in [4.69, 9.17) is 19.8 Å². The predicted molar refractivity (Wildman–Crippen MR) is 151 cm³/mol. The van der Waals surface area contributed by atoms with Gasteiger partial charge in [0.05, 0.1) is 5.25 Å². The van der Waals surface area contributed by atoms with Gasteiger partial charge < -0.3 is 20.4 Å². The number of aliphatic carboxylic acids is 2. The molecule has 2 aliphatic carbocycles. The van der Waals surface area contributed by atoms with Crippen molar-refractivity contribution in [2.24, 2.45) is 11.3 Å². The van der Waals surface area contributed by atoms with Crippen molar-refractivity contribution in [3.8, 4) is 0 Å². The molecular weight excluding hydrogens is 620 g/mol. The molecule has 1 aliphatic heterocycles. The number of hydrogen-bond donors (Lipinski definition) is 4. The van der Waals surface area contributed by atoms with Gasteiger partial charge in [-0.1, -0.05) is 48.9 Å². The van der Waals surface area contributed by atoms with Gasteiger partial charge in [0.25, 0.3) is 0 Å². The molecule has 1 saturated heterocycles. The molecule has 1 aromatic rings. The lowest BCUT2D eigenvalue weighted by Gasteiger charge is -2.59. The normalized spacial score (nSPS) is 21.7. The third-order valence-corrected chi connectivity index (χ3v) is 9.44. The Kier molecular flexibility index (Phi) is 12.8. The summed E-state index contributed by atoms with van der Waals surface area (Å²) in [4.78, 5) is 20.2. The van der Waals surface area contributed by atoms with Crippen molar-refractivity contribution in [2.75, 3.05) is 26.2 Å². The predicted octanol–water partition coefficient (Wildman–Crippen LogP) is 4.52. The van der Waals surface area contributed by atoms with Gasteiger partial charge in [0, 0.05) is 38.3 Å². The third-order valence-electron chi connectivity index (χ3n) is 7.59. The Morgan fingerprint density at radius 2 is 1.52 bits per heavy atom. The van der Waals surface area contributed by atoms with Crippen LogP contribution >= 0.6 is 0 Å². The SMILES string of the molecule is CC/C(=C\c1ccccc1)[C@@H]1C[C@H]1NC1CC2(C1)CN(CCNS(=O)(=O)C(C)C)C2.O=C(O)C(F)(F)F.O=C(O)C(F)(F)F. The van der Waals surface area contributed by atoms with Gasteiger partial charge >= 0.3 is 24.3 Å². The van der Waals surface area contributed by atoms with Crippen molar-refractivity contribution >= 4 is 28.0 Å². The van der Waals surface area contributed by atoms with Crippen LogP contribution in [0.4, 0.5) is 26.3 Å². The Labute approximate surface area is 252 Å². The van der Waals surface area contributed by atoms with E-state index in [9.17, 15) is 34.8 Å². The van der Waals surface area contributed by atoms with Crippen molar-refractivity contribution < 1.29 is 54.6 Å². The Balaban J connectivity index is 0.000000402. The first-order chi connectivity index (χ1) is 20.2. The molecule has 1 heterocycles. The van der Waals surface area contributed by atoms with Gasteiger partial charge in [-0.25, -0.2) is 22.7 Å². The number of hydrogen-bond acceptors (Lipinski definition) is 6. The molecule has 2 saturated carbocycles. The topological polar surface area (TPSA) is 136 Å². The van der Waals surface area contributed by atoms with Crippen molar-refractivity contribution in [3.05, 3.63) is 41.5 Å². The summed E-state index contributed by atoms with van der Waals surface area (Å²) in [5.41, 5.74) is 3.38. The first-order valence-corrected chi connectivity index (χ1v) is 15.6. The molecule has 3 aliphatic rings. The minimum atomic E-state index is -5.08. The van der Waals surface area contributed by atoms with Gasteiger partial charge in [-0.05, 0) is 56.4 Å². The average molecular weight is 660 g/mol. The van der Waals surface area contributed by atoms with E-state index in [0.717, 1.165) is 26.1 Å². The van der Waals surface area contributed by atoms with Crippen LogP contribution in [-0.4, -0.2) is 91.3 Å². The summed E-state index contributed by atoms with van der Waals surface area (Å²) in [5, 5.41) is 17.8. The molecule has 0 aromatic heterocycles. The van der Waals surface area contributed by atoms with Crippen LogP contribution in [0.1, 0.15) is 52.0 Å². The van der Waals surface area contributed by atoms with Crippen LogP contribution in [-0.2, 0) is 19.6 Å². The molecule has 0 amide bonds. The number of rotatable bonds is 10. The highest BCUT2D eigenvalue weighted by atomic mass is 32.2. The zero-order valence-corrected chi connectivity index (χ0v) is 25.4. The maximum atomic E-state index is 11.8. The summed E-state index contributed by atoms with van der Waals surface area (Å²) < 4.78 is 89.8. The molecule has 44 heavy (non-hydrogen) atoms. The number of carbonyl (C=O) groups is 2.